The number of hydrogen-bond donors (Lipinski definition) is 0. The third-order valence-electron chi connectivity index (χ3n) is 1.73. The lowest BCUT2D eigenvalue weighted by Crippen LogP contribution is -1.81. The number of nitriles is 1. The van der Waals surface area contributed by atoms with Crippen LogP contribution in [0.15, 0.2) is 41.3 Å². The second-order valence-corrected chi connectivity index (χ2v) is 2.56. The van der Waals surface area contributed by atoms with Crippen LogP contribution in [-0.2, 0) is 0 Å². The van der Waals surface area contributed by atoms with Crippen molar-refractivity contribution in [1.29, 1.82) is 5.26 Å². The van der Waals surface area contributed by atoms with Crippen LogP contribution in [0.1, 0.15) is 5.69 Å². The van der Waals surface area contributed by atoms with E-state index < -0.39 is 0 Å². The van der Waals surface area contributed by atoms with Gasteiger partial charge in [0, 0.05) is 17.3 Å². The van der Waals surface area contributed by atoms with Gasteiger partial charge in [0.2, 0.25) is 0 Å². The summed E-state index contributed by atoms with van der Waals surface area (Å²) in [6.45, 7) is 0. The average Bonchev–Trinajstić information content (AvgIpc) is 2.71. The van der Waals surface area contributed by atoms with E-state index in [4.69, 9.17) is 9.68 Å². The predicted molar refractivity (Wildman–Crippen MR) is 46.7 cm³/mol. The minimum Gasteiger partial charge on any atom is -0.472 e. The van der Waals surface area contributed by atoms with Gasteiger partial charge >= 0.3 is 0 Å². The maximum absolute atomic E-state index is 8.53. The lowest BCUT2D eigenvalue weighted by atomic mass is 10.1. The summed E-state index contributed by atoms with van der Waals surface area (Å²) in [7, 11) is 0. The van der Waals surface area contributed by atoms with Crippen molar-refractivity contribution in [2.45, 2.75) is 0 Å². The molecule has 0 amide bonds. The van der Waals surface area contributed by atoms with E-state index in [0.29, 0.717) is 5.69 Å². The van der Waals surface area contributed by atoms with Crippen molar-refractivity contribution in [3.05, 3.63) is 42.6 Å². The Morgan fingerprint density at radius 1 is 1.23 bits per heavy atom. The molecule has 0 aromatic carbocycles. The third kappa shape index (κ3) is 1.42. The molecule has 2 heterocycles. The van der Waals surface area contributed by atoms with Gasteiger partial charge in [-0.1, -0.05) is 0 Å². The molecule has 62 valence electrons. The zero-order chi connectivity index (χ0) is 9.10. The predicted octanol–water partition coefficient (Wildman–Crippen LogP) is 2.21. The Bertz CT molecular complexity index is 423. The minimum absolute atomic E-state index is 0.423. The summed E-state index contributed by atoms with van der Waals surface area (Å²) < 4.78 is 4.93. The SMILES string of the molecule is N#Cc1ccc(-c2ccoc2)cn1. The van der Waals surface area contributed by atoms with E-state index in [1.807, 2.05) is 18.2 Å². The van der Waals surface area contributed by atoms with Crippen LogP contribution in [-0.4, -0.2) is 4.98 Å². The highest BCUT2D eigenvalue weighted by Crippen LogP contribution is 2.18. The Morgan fingerprint density at radius 2 is 2.15 bits per heavy atom. The van der Waals surface area contributed by atoms with Crippen molar-refractivity contribution >= 4 is 0 Å². The van der Waals surface area contributed by atoms with Gasteiger partial charge in [0.1, 0.15) is 11.8 Å². The van der Waals surface area contributed by atoms with Crippen molar-refractivity contribution in [3.63, 3.8) is 0 Å². The van der Waals surface area contributed by atoms with Crippen LogP contribution in [0.5, 0.6) is 0 Å². The van der Waals surface area contributed by atoms with Crippen molar-refractivity contribution in [2.24, 2.45) is 0 Å². The van der Waals surface area contributed by atoms with Gasteiger partial charge in [0.15, 0.2) is 0 Å². The van der Waals surface area contributed by atoms with E-state index >= 15 is 0 Å². The van der Waals surface area contributed by atoms with Gasteiger partial charge in [-0.15, -0.1) is 0 Å². The summed E-state index contributed by atoms with van der Waals surface area (Å²) in [4.78, 5) is 3.95. The second-order valence-electron chi connectivity index (χ2n) is 2.56. The topological polar surface area (TPSA) is 49.8 Å². The molecule has 2 aromatic rings. The minimum atomic E-state index is 0.423. The number of nitrogens with zero attached hydrogens (tertiary/aromatic N) is 2. The Labute approximate surface area is 75.3 Å². The zero-order valence-electron chi connectivity index (χ0n) is 6.77. The normalized spacial score (nSPS) is 9.46. The Balaban J connectivity index is 2.40. The summed E-state index contributed by atoms with van der Waals surface area (Å²) >= 11 is 0. The van der Waals surface area contributed by atoms with Crippen molar-refractivity contribution < 1.29 is 4.42 Å². The highest BCUT2D eigenvalue weighted by molar-refractivity contribution is 5.61. The van der Waals surface area contributed by atoms with Gasteiger partial charge in [0.25, 0.3) is 0 Å². The van der Waals surface area contributed by atoms with E-state index in [-0.39, 0.29) is 0 Å². The molecule has 0 bridgehead atoms. The van der Waals surface area contributed by atoms with Crippen LogP contribution in [0.3, 0.4) is 0 Å². The molecule has 0 aliphatic carbocycles. The number of rotatable bonds is 1. The maximum Gasteiger partial charge on any atom is 0.140 e. The first-order valence-electron chi connectivity index (χ1n) is 3.79. The summed E-state index contributed by atoms with van der Waals surface area (Å²) in [5.41, 5.74) is 2.34. The van der Waals surface area contributed by atoms with Crippen LogP contribution >= 0.6 is 0 Å². The molecule has 0 spiro atoms. The number of aromatic nitrogens is 1. The molecule has 3 heteroatoms. The molecular weight excluding hydrogens is 164 g/mol. The quantitative estimate of drug-likeness (QED) is 0.659. The smallest absolute Gasteiger partial charge is 0.140 e. The molecule has 0 N–H and O–H groups in total. The molecule has 0 saturated heterocycles. The Kier molecular flexibility index (Phi) is 1.81. The molecule has 2 rings (SSSR count). The van der Waals surface area contributed by atoms with Crippen molar-refractivity contribution in [2.75, 3.05) is 0 Å². The van der Waals surface area contributed by atoms with Gasteiger partial charge in [0.05, 0.1) is 12.5 Å². The molecule has 0 aliphatic heterocycles. The fourth-order valence-corrected chi connectivity index (χ4v) is 1.06. The van der Waals surface area contributed by atoms with Crippen molar-refractivity contribution in [3.8, 4) is 17.2 Å². The molecule has 0 atom stereocenters. The monoisotopic (exact) mass is 170 g/mol. The standard InChI is InChI=1S/C10H6N2O/c11-5-10-2-1-8(6-12-10)9-3-4-13-7-9/h1-4,6-7H. The highest BCUT2D eigenvalue weighted by Gasteiger charge is 1.98. The molecule has 0 saturated carbocycles. The molecule has 0 aliphatic rings. The van der Waals surface area contributed by atoms with Gasteiger partial charge in [-0.05, 0) is 18.2 Å². The lowest BCUT2D eigenvalue weighted by molar-refractivity contribution is 0.568. The molecule has 3 nitrogen and oxygen atoms in total. The zero-order valence-corrected chi connectivity index (χ0v) is 6.77. The van der Waals surface area contributed by atoms with E-state index in [9.17, 15) is 0 Å². The molecular formula is C10H6N2O. The molecule has 0 fully saturated rings. The molecule has 2 aromatic heterocycles. The number of hydrogen-bond acceptors (Lipinski definition) is 3. The Morgan fingerprint density at radius 3 is 2.69 bits per heavy atom. The van der Waals surface area contributed by atoms with E-state index in [0.717, 1.165) is 11.1 Å². The van der Waals surface area contributed by atoms with Crippen molar-refractivity contribution in [1.82, 2.24) is 4.98 Å². The maximum atomic E-state index is 8.53. The summed E-state index contributed by atoms with van der Waals surface area (Å²) in [5, 5.41) is 8.53. The van der Waals surface area contributed by atoms with Gasteiger partial charge in [-0.25, -0.2) is 4.98 Å². The van der Waals surface area contributed by atoms with E-state index in [1.165, 1.54) is 0 Å². The van der Waals surface area contributed by atoms with Crippen LogP contribution in [0.25, 0.3) is 11.1 Å². The first-order chi connectivity index (χ1) is 6.40. The van der Waals surface area contributed by atoms with Gasteiger partial charge in [-0.2, -0.15) is 5.26 Å². The second kappa shape index (κ2) is 3.11. The van der Waals surface area contributed by atoms with Crippen LogP contribution < -0.4 is 0 Å². The molecule has 0 radical (unpaired) electrons. The van der Waals surface area contributed by atoms with Gasteiger partial charge in [-0.3, -0.25) is 0 Å². The number of pyridine rings is 1. The first-order valence-corrected chi connectivity index (χ1v) is 3.79. The van der Waals surface area contributed by atoms with Crippen LogP contribution in [0.4, 0.5) is 0 Å². The van der Waals surface area contributed by atoms with Crippen LogP contribution in [0, 0.1) is 11.3 Å². The highest BCUT2D eigenvalue weighted by atomic mass is 16.3. The van der Waals surface area contributed by atoms with E-state index in [1.54, 1.807) is 24.8 Å². The van der Waals surface area contributed by atoms with E-state index in [2.05, 4.69) is 4.98 Å². The van der Waals surface area contributed by atoms with Crippen LogP contribution in [0.2, 0.25) is 0 Å². The summed E-state index contributed by atoms with van der Waals surface area (Å²) in [6, 6.07) is 7.34. The molecule has 0 unspecified atom stereocenters. The molecule has 13 heavy (non-hydrogen) atoms. The fraction of sp³-hybridized carbons (Fsp3) is 0. The average molecular weight is 170 g/mol. The Hall–Kier alpha value is -2.08. The summed E-state index contributed by atoms with van der Waals surface area (Å²) in [6.07, 6.45) is 4.90. The first kappa shape index (κ1) is 7.56. The van der Waals surface area contributed by atoms with Gasteiger partial charge < -0.3 is 4.42 Å². The largest absolute Gasteiger partial charge is 0.472 e. The number of furan rings is 1. The third-order valence-corrected chi connectivity index (χ3v) is 1.73. The summed E-state index contributed by atoms with van der Waals surface area (Å²) in [5.74, 6) is 0. The lowest BCUT2D eigenvalue weighted by Gasteiger charge is -1.94. The fourth-order valence-electron chi connectivity index (χ4n) is 1.06.